The van der Waals surface area contributed by atoms with Gasteiger partial charge in [-0.2, -0.15) is 0 Å². The van der Waals surface area contributed by atoms with E-state index in [1.165, 1.54) is 30.3 Å². The van der Waals surface area contributed by atoms with Gasteiger partial charge in [-0.05, 0) is 43.7 Å². The van der Waals surface area contributed by atoms with Crippen molar-refractivity contribution in [3.8, 4) is 0 Å². The quantitative estimate of drug-likeness (QED) is 0.589. The number of nitrogens with zero attached hydrogens (tertiary/aromatic N) is 1. The van der Waals surface area contributed by atoms with Crippen LogP contribution in [0.25, 0.3) is 11.3 Å². The lowest BCUT2D eigenvalue weighted by molar-refractivity contribution is -0.384. The van der Waals surface area contributed by atoms with Crippen LogP contribution in [-0.2, 0) is 19.4 Å². The molecule has 3 rings (SSSR count). The monoisotopic (exact) mass is 387 g/mol. The number of ether oxygens (including phenoxy) is 1. The first-order valence-electron chi connectivity index (χ1n) is 8.04. The van der Waals surface area contributed by atoms with Crippen LogP contribution < -0.4 is 0 Å². The van der Waals surface area contributed by atoms with E-state index in [1.54, 1.807) is 32.0 Å². The third-order valence-corrected chi connectivity index (χ3v) is 5.38. The maximum Gasteiger partial charge on any atom is 0.270 e. The number of carbonyl (C=O) groups is 1. The van der Waals surface area contributed by atoms with Crippen molar-refractivity contribution in [2.45, 2.75) is 24.3 Å². The van der Waals surface area contributed by atoms with E-state index in [4.69, 9.17) is 4.74 Å². The summed E-state index contributed by atoms with van der Waals surface area (Å²) in [5.41, 5.74) is -0.144. The van der Waals surface area contributed by atoms with Gasteiger partial charge in [-0.15, -0.1) is 0 Å². The molecule has 0 atom stereocenters. The number of nitro benzene ring substituents is 1. The van der Waals surface area contributed by atoms with Crippen molar-refractivity contribution < 1.29 is 22.9 Å². The maximum absolute atomic E-state index is 12.9. The number of nitro groups is 1. The Morgan fingerprint density at radius 2 is 1.67 bits per heavy atom. The standard InChI is InChI=1S/C19H17NO6S/c1-19(2)18(21)16(13-5-4-6-14(11-13)20(22)23)17(26-19)12-7-9-15(10-8-12)27(3,24)25/h4-11H,1-3H3. The molecule has 1 aliphatic rings. The Morgan fingerprint density at radius 1 is 1.04 bits per heavy atom. The predicted molar refractivity (Wildman–Crippen MR) is 99.6 cm³/mol. The molecular formula is C19H17NO6S. The van der Waals surface area contributed by atoms with Crippen molar-refractivity contribution >= 4 is 32.6 Å². The Morgan fingerprint density at radius 3 is 2.22 bits per heavy atom. The van der Waals surface area contributed by atoms with Crippen molar-refractivity contribution in [1.82, 2.24) is 0 Å². The summed E-state index contributed by atoms with van der Waals surface area (Å²) < 4.78 is 29.1. The molecule has 0 spiro atoms. The van der Waals surface area contributed by atoms with Gasteiger partial charge in [-0.25, -0.2) is 8.42 Å². The lowest BCUT2D eigenvalue weighted by atomic mass is 9.92. The maximum atomic E-state index is 12.9. The molecule has 0 saturated carbocycles. The molecule has 7 nitrogen and oxygen atoms in total. The van der Waals surface area contributed by atoms with E-state index in [0.29, 0.717) is 11.1 Å². The van der Waals surface area contributed by atoms with Crippen LogP contribution >= 0.6 is 0 Å². The van der Waals surface area contributed by atoms with Crippen LogP contribution in [0.4, 0.5) is 5.69 Å². The summed E-state index contributed by atoms with van der Waals surface area (Å²) in [5, 5.41) is 11.1. The number of hydrogen-bond acceptors (Lipinski definition) is 6. The molecule has 0 fully saturated rings. The summed E-state index contributed by atoms with van der Waals surface area (Å²) in [6.45, 7) is 3.23. The molecule has 2 aromatic rings. The van der Waals surface area contributed by atoms with Crippen molar-refractivity contribution in [1.29, 1.82) is 0 Å². The van der Waals surface area contributed by atoms with Crippen LogP contribution in [0.1, 0.15) is 25.0 Å². The van der Waals surface area contributed by atoms with Crippen molar-refractivity contribution in [2.24, 2.45) is 0 Å². The Kier molecular flexibility index (Phi) is 4.39. The molecular weight excluding hydrogens is 370 g/mol. The lowest BCUT2D eigenvalue weighted by Crippen LogP contribution is -2.29. The third kappa shape index (κ3) is 3.48. The molecule has 27 heavy (non-hydrogen) atoms. The highest BCUT2D eigenvalue weighted by Crippen LogP contribution is 2.41. The number of benzene rings is 2. The summed E-state index contributed by atoms with van der Waals surface area (Å²) in [5.74, 6) is -0.0317. The summed E-state index contributed by atoms with van der Waals surface area (Å²) in [4.78, 5) is 23.6. The van der Waals surface area contributed by atoms with Gasteiger partial charge in [-0.1, -0.05) is 12.1 Å². The molecule has 0 radical (unpaired) electrons. The number of Topliss-reactive ketones (excluding diaryl/α,β-unsaturated/α-hetero) is 1. The smallest absolute Gasteiger partial charge is 0.270 e. The van der Waals surface area contributed by atoms with Crippen LogP contribution in [0, 0.1) is 10.1 Å². The summed E-state index contributed by atoms with van der Waals surface area (Å²) in [6, 6.07) is 11.7. The van der Waals surface area contributed by atoms with E-state index in [-0.39, 0.29) is 27.7 Å². The number of sulfone groups is 1. The molecule has 1 aliphatic heterocycles. The fourth-order valence-electron chi connectivity index (χ4n) is 2.85. The number of ketones is 1. The summed E-state index contributed by atoms with van der Waals surface area (Å²) >= 11 is 0. The number of hydrogen-bond donors (Lipinski definition) is 0. The highest BCUT2D eigenvalue weighted by atomic mass is 32.2. The molecule has 8 heteroatoms. The van der Waals surface area contributed by atoms with Gasteiger partial charge < -0.3 is 4.74 Å². The average molecular weight is 387 g/mol. The zero-order chi connectivity index (χ0) is 20.0. The van der Waals surface area contributed by atoms with Crippen LogP contribution in [0.2, 0.25) is 0 Å². The molecule has 0 aromatic heterocycles. The SMILES string of the molecule is CC1(C)OC(c2ccc(S(C)(=O)=O)cc2)=C(c2cccc([N+](=O)[O-])c2)C1=O. The minimum Gasteiger partial charge on any atom is -0.478 e. The van der Waals surface area contributed by atoms with Crippen molar-refractivity contribution in [3.05, 3.63) is 69.8 Å². The number of non-ortho nitro benzene ring substituents is 1. The van der Waals surface area contributed by atoms with E-state index in [2.05, 4.69) is 0 Å². The third-order valence-electron chi connectivity index (χ3n) is 4.25. The normalized spacial score (nSPS) is 16.3. The van der Waals surface area contributed by atoms with Crippen LogP contribution in [0.3, 0.4) is 0 Å². The van der Waals surface area contributed by atoms with Crippen molar-refractivity contribution in [2.75, 3.05) is 6.26 Å². The largest absolute Gasteiger partial charge is 0.478 e. The van der Waals surface area contributed by atoms with Gasteiger partial charge in [0.25, 0.3) is 5.69 Å². The fourth-order valence-corrected chi connectivity index (χ4v) is 3.48. The molecule has 0 aliphatic carbocycles. The molecule has 1 heterocycles. The van der Waals surface area contributed by atoms with Gasteiger partial charge in [0.05, 0.1) is 15.4 Å². The van der Waals surface area contributed by atoms with Gasteiger partial charge in [0, 0.05) is 24.0 Å². The number of rotatable bonds is 4. The molecule has 0 bridgehead atoms. The minimum atomic E-state index is -3.36. The molecule has 2 aromatic carbocycles. The zero-order valence-electron chi connectivity index (χ0n) is 14.9. The Labute approximate surface area is 156 Å². The second-order valence-corrected chi connectivity index (χ2v) is 8.77. The predicted octanol–water partition coefficient (Wildman–Crippen LogP) is 3.24. The second-order valence-electron chi connectivity index (χ2n) is 6.75. The lowest BCUT2D eigenvalue weighted by Gasteiger charge is -2.17. The average Bonchev–Trinajstić information content (AvgIpc) is 2.84. The Bertz CT molecular complexity index is 1080. The van der Waals surface area contributed by atoms with E-state index >= 15 is 0 Å². The van der Waals surface area contributed by atoms with E-state index in [1.807, 2.05) is 0 Å². The summed E-state index contributed by atoms with van der Waals surface area (Å²) in [7, 11) is -3.36. The highest BCUT2D eigenvalue weighted by Gasteiger charge is 2.43. The molecule has 0 N–H and O–H groups in total. The highest BCUT2D eigenvalue weighted by molar-refractivity contribution is 7.90. The van der Waals surface area contributed by atoms with Gasteiger partial charge in [0.2, 0.25) is 5.78 Å². The van der Waals surface area contributed by atoms with Crippen LogP contribution in [-0.4, -0.2) is 31.0 Å². The first kappa shape index (κ1) is 18.8. The Hall–Kier alpha value is -3.00. The van der Waals surface area contributed by atoms with Gasteiger partial charge in [0.1, 0.15) is 5.76 Å². The first-order chi connectivity index (χ1) is 12.5. The van der Waals surface area contributed by atoms with Crippen LogP contribution in [0.5, 0.6) is 0 Å². The van der Waals surface area contributed by atoms with Gasteiger partial charge >= 0.3 is 0 Å². The van der Waals surface area contributed by atoms with Crippen molar-refractivity contribution in [3.63, 3.8) is 0 Å². The molecule has 0 amide bonds. The minimum absolute atomic E-state index is 0.135. The Balaban J connectivity index is 2.18. The van der Waals surface area contributed by atoms with E-state index < -0.39 is 20.4 Å². The van der Waals surface area contributed by atoms with E-state index in [0.717, 1.165) is 6.26 Å². The molecule has 0 saturated heterocycles. The van der Waals surface area contributed by atoms with Gasteiger partial charge in [-0.3, -0.25) is 14.9 Å². The molecule has 140 valence electrons. The zero-order valence-corrected chi connectivity index (χ0v) is 15.7. The van der Waals surface area contributed by atoms with Crippen LogP contribution in [0.15, 0.2) is 53.4 Å². The fraction of sp³-hybridized carbons (Fsp3) is 0.211. The van der Waals surface area contributed by atoms with E-state index in [9.17, 15) is 23.3 Å². The second kappa shape index (κ2) is 6.31. The topological polar surface area (TPSA) is 104 Å². The number of carbonyl (C=O) groups excluding carboxylic acids is 1. The van der Waals surface area contributed by atoms with Gasteiger partial charge in [0.15, 0.2) is 15.4 Å². The molecule has 0 unspecified atom stereocenters. The first-order valence-corrected chi connectivity index (χ1v) is 9.93. The summed E-state index contributed by atoms with van der Waals surface area (Å²) in [6.07, 6.45) is 1.11.